The second kappa shape index (κ2) is 4.45. The van der Waals surface area contributed by atoms with Crippen molar-refractivity contribution in [3.05, 3.63) is 65.7 Å². The number of hydrogen-bond acceptors (Lipinski definition) is 2. The maximum Gasteiger partial charge on any atom is 0.227 e. The Morgan fingerprint density at radius 3 is 2.19 bits per heavy atom. The smallest absolute Gasteiger partial charge is 0.227 e. The van der Waals surface area contributed by atoms with Crippen molar-refractivity contribution in [3.63, 3.8) is 0 Å². The highest BCUT2D eigenvalue weighted by Gasteiger charge is 2.10. The first-order chi connectivity index (χ1) is 10.2. The molecule has 4 rings (SSSR count). The van der Waals surface area contributed by atoms with Crippen molar-refractivity contribution >= 4 is 21.9 Å². The molecule has 1 heterocycles. The van der Waals surface area contributed by atoms with Crippen LogP contribution in [0.5, 0.6) is 0 Å². The van der Waals surface area contributed by atoms with Gasteiger partial charge in [-0.05, 0) is 48.9 Å². The van der Waals surface area contributed by atoms with Gasteiger partial charge in [0.15, 0.2) is 5.58 Å². The van der Waals surface area contributed by atoms with E-state index in [1.54, 1.807) is 0 Å². The molecule has 102 valence electrons. The van der Waals surface area contributed by atoms with Gasteiger partial charge >= 0.3 is 0 Å². The van der Waals surface area contributed by atoms with Crippen LogP contribution in [0.15, 0.2) is 59.0 Å². The summed E-state index contributed by atoms with van der Waals surface area (Å²) in [4.78, 5) is 4.65. The Morgan fingerprint density at radius 1 is 0.810 bits per heavy atom. The largest absolute Gasteiger partial charge is 0.436 e. The number of aromatic nitrogens is 1. The van der Waals surface area contributed by atoms with Crippen molar-refractivity contribution in [1.29, 1.82) is 0 Å². The fourth-order valence-corrected chi connectivity index (χ4v) is 2.83. The molecule has 2 heteroatoms. The van der Waals surface area contributed by atoms with Gasteiger partial charge in [0.25, 0.3) is 0 Å². The molecule has 0 spiro atoms. The summed E-state index contributed by atoms with van der Waals surface area (Å²) in [6.45, 7) is 4.18. The highest BCUT2D eigenvalue weighted by atomic mass is 16.3. The number of hydrogen-bond donors (Lipinski definition) is 0. The van der Waals surface area contributed by atoms with E-state index in [2.05, 4.69) is 61.3 Å². The van der Waals surface area contributed by atoms with E-state index < -0.39 is 0 Å². The third-order valence-electron chi connectivity index (χ3n) is 3.72. The molecule has 0 aliphatic heterocycles. The van der Waals surface area contributed by atoms with Crippen molar-refractivity contribution in [2.24, 2.45) is 0 Å². The van der Waals surface area contributed by atoms with Gasteiger partial charge in [-0.25, -0.2) is 4.98 Å². The van der Waals surface area contributed by atoms with Crippen molar-refractivity contribution in [1.82, 2.24) is 4.98 Å². The maximum atomic E-state index is 5.96. The summed E-state index contributed by atoms with van der Waals surface area (Å²) in [5.74, 6) is 0.687. The number of rotatable bonds is 1. The Balaban J connectivity index is 1.95. The van der Waals surface area contributed by atoms with Gasteiger partial charge in [0, 0.05) is 5.56 Å². The normalized spacial score (nSPS) is 11.3. The van der Waals surface area contributed by atoms with Crippen molar-refractivity contribution < 1.29 is 4.42 Å². The fourth-order valence-electron chi connectivity index (χ4n) is 2.83. The summed E-state index contributed by atoms with van der Waals surface area (Å²) in [6, 6.07) is 18.8. The van der Waals surface area contributed by atoms with Gasteiger partial charge in [0.1, 0.15) is 5.52 Å². The Morgan fingerprint density at radius 2 is 1.48 bits per heavy atom. The zero-order chi connectivity index (χ0) is 14.4. The van der Waals surface area contributed by atoms with Crippen LogP contribution in [0.25, 0.3) is 33.3 Å². The molecule has 0 fully saturated rings. The minimum absolute atomic E-state index is 0.687. The lowest BCUT2D eigenvalue weighted by atomic mass is 10.1. The molecule has 0 amide bonds. The molecule has 0 saturated carbocycles. The summed E-state index contributed by atoms with van der Waals surface area (Å²) >= 11 is 0. The minimum Gasteiger partial charge on any atom is -0.436 e. The number of aryl methyl sites for hydroxylation is 2. The highest BCUT2D eigenvalue weighted by Crippen LogP contribution is 2.28. The van der Waals surface area contributed by atoms with E-state index in [-0.39, 0.29) is 0 Å². The van der Waals surface area contributed by atoms with Crippen LogP contribution in [0.3, 0.4) is 0 Å². The standard InChI is InChI=1S/C19H15NO/c1-12-7-13(2)9-16(8-12)19-20-17-10-14-5-3-4-6-15(14)11-18(17)21-19/h3-11H,1-2H3. The molecule has 0 aliphatic rings. The third-order valence-corrected chi connectivity index (χ3v) is 3.72. The first-order valence-corrected chi connectivity index (χ1v) is 7.07. The van der Waals surface area contributed by atoms with E-state index in [9.17, 15) is 0 Å². The summed E-state index contributed by atoms with van der Waals surface area (Å²) < 4.78 is 5.96. The van der Waals surface area contributed by atoms with Crippen LogP contribution >= 0.6 is 0 Å². The molecule has 0 aliphatic carbocycles. The molecule has 2 nitrogen and oxygen atoms in total. The van der Waals surface area contributed by atoms with E-state index in [1.807, 2.05) is 12.1 Å². The molecule has 21 heavy (non-hydrogen) atoms. The van der Waals surface area contributed by atoms with E-state index in [0.717, 1.165) is 16.7 Å². The maximum absolute atomic E-state index is 5.96. The highest BCUT2D eigenvalue weighted by molar-refractivity contribution is 5.94. The number of nitrogens with zero attached hydrogens (tertiary/aromatic N) is 1. The molecular weight excluding hydrogens is 258 g/mol. The SMILES string of the molecule is Cc1cc(C)cc(-c2nc3cc4ccccc4cc3o2)c1. The third kappa shape index (κ3) is 2.09. The molecule has 0 atom stereocenters. The van der Waals surface area contributed by atoms with Gasteiger partial charge in [-0.15, -0.1) is 0 Å². The Bertz CT molecular complexity index is 893. The monoisotopic (exact) mass is 273 g/mol. The van der Waals surface area contributed by atoms with Gasteiger partial charge in [-0.1, -0.05) is 41.5 Å². The summed E-state index contributed by atoms with van der Waals surface area (Å²) in [5, 5.41) is 2.36. The lowest BCUT2D eigenvalue weighted by molar-refractivity contribution is 0.620. The Hall–Kier alpha value is -2.61. The van der Waals surface area contributed by atoms with Crippen LogP contribution in [-0.2, 0) is 0 Å². The Labute approximate surface area is 123 Å². The molecule has 3 aromatic carbocycles. The Kier molecular flexibility index (Phi) is 2.58. The number of oxazole rings is 1. The van der Waals surface area contributed by atoms with Crippen LogP contribution in [-0.4, -0.2) is 4.98 Å². The van der Waals surface area contributed by atoms with Gasteiger partial charge in [-0.2, -0.15) is 0 Å². The van der Waals surface area contributed by atoms with Crippen molar-refractivity contribution in [3.8, 4) is 11.5 Å². The molecule has 0 N–H and O–H groups in total. The minimum atomic E-state index is 0.687. The van der Waals surface area contributed by atoms with Crippen molar-refractivity contribution in [2.45, 2.75) is 13.8 Å². The van der Waals surface area contributed by atoms with Crippen LogP contribution < -0.4 is 0 Å². The van der Waals surface area contributed by atoms with E-state index in [4.69, 9.17) is 4.42 Å². The van der Waals surface area contributed by atoms with Gasteiger partial charge in [0.2, 0.25) is 5.89 Å². The fraction of sp³-hybridized carbons (Fsp3) is 0.105. The van der Waals surface area contributed by atoms with Crippen LogP contribution in [0.2, 0.25) is 0 Å². The number of benzene rings is 3. The van der Waals surface area contributed by atoms with E-state index in [0.29, 0.717) is 5.89 Å². The van der Waals surface area contributed by atoms with Gasteiger partial charge in [0.05, 0.1) is 0 Å². The average molecular weight is 273 g/mol. The second-order valence-electron chi connectivity index (χ2n) is 5.56. The van der Waals surface area contributed by atoms with Crippen LogP contribution in [0.4, 0.5) is 0 Å². The van der Waals surface area contributed by atoms with Gasteiger partial charge < -0.3 is 4.42 Å². The molecule has 0 unspecified atom stereocenters. The molecule has 0 radical (unpaired) electrons. The predicted molar refractivity (Wildman–Crippen MR) is 86.4 cm³/mol. The molecule has 0 saturated heterocycles. The lowest BCUT2D eigenvalue weighted by Crippen LogP contribution is -1.82. The molecule has 1 aromatic heterocycles. The summed E-state index contributed by atoms with van der Waals surface area (Å²) in [7, 11) is 0. The summed E-state index contributed by atoms with van der Waals surface area (Å²) in [6.07, 6.45) is 0. The average Bonchev–Trinajstić information content (AvgIpc) is 2.86. The zero-order valence-electron chi connectivity index (χ0n) is 12.1. The van der Waals surface area contributed by atoms with Crippen molar-refractivity contribution in [2.75, 3.05) is 0 Å². The van der Waals surface area contributed by atoms with E-state index in [1.165, 1.54) is 21.9 Å². The quantitative estimate of drug-likeness (QED) is 0.472. The van der Waals surface area contributed by atoms with Crippen LogP contribution in [0.1, 0.15) is 11.1 Å². The first-order valence-electron chi connectivity index (χ1n) is 7.07. The second-order valence-corrected chi connectivity index (χ2v) is 5.56. The molecule has 0 bridgehead atoms. The predicted octanol–water partition coefficient (Wildman–Crippen LogP) is 5.26. The number of fused-ring (bicyclic) bond motifs is 2. The van der Waals surface area contributed by atoms with Crippen LogP contribution in [0, 0.1) is 13.8 Å². The molecule has 4 aromatic rings. The zero-order valence-corrected chi connectivity index (χ0v) is 12.1. The summed E-state index contributed by atoms with van der Waals surface area (Å²) in [5.41, 5.74) is 5.22. The first kappa shape index (κ1) is 12.2. The topological polar surface area (TPSA) is 26.0 Å². The molecular formula is C19H15NO. The lowest BCUT2D eigenvalue weighted by Gasteiger charge is -2.00. The van der Waals surface area contributed by atoms with E-state index >= 15 is 0 Å². The van der Waals surface area contributed by atoms with Gasteiger partial charge in [-0.3, -0.25) is 0 Å².